The highest BCUT2D eigenvalue weighted by atomic mass is 32.1. The number of aryl methyl sites for hydroxylation is 1. The summed E-state index contributed by atoms with van der Waals surface area (Å²) in [6.07, 6.45) is 0.344. The number of aliphatic hydroxyl groups excluding tert-OH is 1. The van der Waals surface area contributed by atoms with Crippen LogP contribution in [0.5, 0.6) is 5.75 Å². The molecule has 3 rings (SSSR count). The Morgan fingerprint density at radius 2 is 1.96 bits per heavy atom. The number of aromatic nitrogens is 1. The molecule has 1 saturated heterocycles. The van der Waals surface area contributed by atoms with E-state index < -0.39 is 12.7 Å². The number of hydrogen-bond acceptors (Lipinski definition) is 6. The van der Waals surface area contributed by atoms with Crippen molar-refractivity contribution in [2.45, 2.75) is 26.1 Å². The summed E-state index contributed by atoms with van der Waals surface area (Å²) in [7, 11) is 0. The number of benzene rings is 1. The number of β-amino-alcohol motifs (C(OH)–C–C–N with tert-alkyl or cyclic N) is 1. The average molecular weight is 383 g/mol. The molecule has 26 heavy (non-hydrogen) atoms. The molecule has 1 N–H and O–H groups in total. The van der Waals surface area contributed by atoms with Crippen molar-refractivity contribution in [1.29, 1.82) is 0 Å². The second-order valence-electron chi connectivity index (χ2n) is 6.38. The van der Waals surface area contributed by atoms with Gasteiger partial charge in [0.2, 0.25) is 0 Å². The Bertz CT molecular complexity index is 696. The molecule has 0 amide bonds. The van der Waals surface area contributed by atoms with Crippen molar-refractivity contribution in [2.24, 2.45) is 0 Å². The van der Waals surface area contributed by atoms with Crippen molar-refractivity contribution < 1.29 is 18.6 Å². The third-order valence-corrected chi connectivity index (χ3v) is 5.41. The molecule has 1 atom stereocenters. The summed E-state index contributed by atoms with van der Waals surface area (Å²) in [4.78, 5) is 9.07. The monoisotopic (exact) mass is 383 g/mol. The van der Waals surface area contributed by atoms with Gasteiger partial charge in [0.15, 0.2) is 5.13 Å². The number of alkyl halides is 2. The highest BCUT2D eigenvalue weighted by molar-refractivity contribution is 7.13. The minimum atomic E-state index is -2.84. The zero-order chi connectivity index (χ0) is 18.5. The zero-order valence-electron chi connectivity index (χ0n) is 14.6. The van der Waals surface area contributed by atoms with Gasteiger partial charge < -0.3 is 14.7 Å². The normalized spacial score (nSPS) is 17.3. The molecule has 0 aliphatic carbocycles. The molecule has 0 radical (unpaired) electrons. The van der Waals surface area contributed by atoms with Gasteiger partial charge in [0, 0.05) is 38.1 Å². The first kappa shape index (κ1) is 19.0. The van der Waals surface area contributed by atoms with Crippen LogP contribution in [0.15, 0.2) is 29.6 Å². The number of anilines is 1. The lowest BCUT2D eigenvalue weighted by molar-refractivity contribution is -0.0498. The Balaban J connectivity index is 1.53. The second kappa shape index (κ2) is 8.75. The first-order chi connectivity index (χ1) is 12.5. The van der Waals surface area contributed by atoms with Crippen molar-refractivity contribution in [2.75, 3.05) is 37.6 Å². The predicted molar refractivity (Wildman–Crippen MR) is 98.2 cm³/mol. The van der Waals surface area contributed by atoms with E-state index in [4.69, 9.17) is 0 Å². The lowest BCUT2D eigenvalue weighted by Gasteiger charge is -2.24. The molecular formula is C18H23F2N3O2S. The molecule has 8 heteroatoms. The Morgan fingerprint density at radius 3 is 2.62 bits per heavy atom. The van der Waals surface area contributed by atoms with Gasteiger partial charge in [0.25, 0.3) is 0 Å². The average Bonchev–Trinajstić information content (AvgIpc) is 2.90. The summed E-state index contributed by atoms with van der Waals surface area (Å²) < 4.78 is 28.7. The summed E-state index contributed by atoms with van der Waals surface area (Å²) in [6.45, 7) is 3.26. The maximum absolute atomic E-state index is 12.2. The van der Waals surface area contributed by atoms with Gasteiger partial charge in [-0.3, -0.25) is 4.90 Å². The van der Waals surface area contributed by atoms with Gasteiger partial charge >= 0.3 is 6.61 Å². The van der Waals surface area contributed by atoms with E-state index in [-0.39, 0.29) is 5.75 Å². The zero-order valence-corrected chi connectivity index (χ0v) is 15.5. The number of rotatable bonds is 6. The van der Waals surface area contributed by atoms with Gasteiger partial charge in [-0.05, 0) is 31.0 Å². The molecule has 5 nitrogen and oxygen atoms in total. The molecule has 1 aliphatic rings. The number of nitrogens with zero attached hydrogens (tertiary/aromatic N) is 3. The molecule has 0 saturated carbocycles. The first-order valence-electron chi connectivity index (χ1n) is 8.63. The van der Waals surface area contributed by atoms with Crippen LogP contribution in [0.1, 0.15) is 23.8 Å². The first-order valence-corrected chi connectivity index (χ1v) is 9.51. The van der Waals surface area contributed by atoms with Crippen molar-refractivity contribution in [3.8, 4) is 5.75 Å². The summed E-state index contributed by atoms with van der Waals surface area (Å²) >= 11 is 1.66. The van der Waals surface area contributed by atoms with Crippen molar-refractivity contribution in [1.82, 2.24) is 9.88 Å². The maximum atomic E-state index is 12.2. The minimum absolute atomic E-state index is 0.0973. The van der Waals surface area contributed by atoms with E-state index in [2.05, 4.69) is 24.9 Å². The summed E-state index contributed by atoms with van der Waals surface area (Å²) in [5.41, 5.74) is 1.74. The summed E-state index contributed by atoms with van der Waals surface area (Å²) in [5.74, 6) is 0.0973. The molecule has 1 aromatic heterocycles. The van der Waals surface area contributed by atoms with Gasteiger partial charge in [-0.25, -0.2) is 4.98 Å². The van der Waals surface area contributed by atoms with Crippen LogP contribution in [0, 0.1) is 6.92 Å². The Labute approximate surface area is 155 Å². The highest BCUT2D eigenvalue weighted by Crippen LogP contribution is 2.23. The highest BCUT2D eigenvalue weighted by Gasteiger charge is 2.20. The maximum Gasteiger partial charge on any atom is 0.387 e. The topological polar surface area (TPSA) is 48.8 Å². The van der Waals surface area contributed by atoms with Crippen LogP contribution >= 0.6 is 11.3 Å². The number of aliphatic hydroxyl groups is 1. The molecule has 1 aromatic carbocycles. The van der Waals surface area contributed by atoms with E-state index in [1.807, 2.05) is 6.92 Å². The fourth-order valence-corrected chi connectivity index (χ4v) is 3.91. The van der Waals surface area contributed by atoms with Crippen LogP contribution < -0.4 is 9.64 Å². The van der Waals surface area contributed by atoms with E-state index in [0.717, 1.165) is 43.4 Å². The van der Waals surface area contributed by atoms with E-state index in [9.17, 15) is 13.9 Å². The van der Waals surface area contributed by atoms with Crippen molar-refractivity contribution in [3.05, 3.63) is 40.9 Å². The standard InChI is InChI=1S/C18H23F2N3O2S/c1-13-12-26-18(21-13)23-8-2-7-22(9-10-23)11-16(24)14-3-5-15(6-4-14)25-17(19)20/h3-6,12,16-17,24H,2,7-11H2,1H3. The largest absolute Gasteiger partial charge is 0.435 e. The van der Waals surface area contributed by atoms with Gasteiger partial charge in [0.05, 0.1) is 11.8 Å². The predicted octanol–water partition coefficient (Wildman–Crippen LogP) is 3.30. The number of thiazole rings is 1. The van der Waals surface area contributed by atoms with Gasteiger partial charge in [-0.1, -0.05) is 12.1 Å². The molecule has 0 spiro atoms. The minimum Gasteiger partial charge on any atom is -0.435 e. The Kier molecular flexibility index (Phi) is 6.39. The van der Waals surface area contributed by atoms with Gasteiger partial charge in [0.1, 0.15) is 5.75 Å². The van der Waals surface area contributed by atoms with E-state index in [1.165, 1.54) is 12.1 Å². The van der Waals surface area contributed by atoms with Crippen LogP contribution in [0.4, 0.5) is 13.9 Å². The third kappa shape index (κ3) is 5.12. The fraction of sp³-hybridized carbons (Fsp3) is 0.500. The van der Waals surface area contributed by atoms with Crippen molar-refractivity contribution in [3.63, 3.8) is 0 Å². The number of halogens is 2. The number of ether oxygens (including phenoxy) is 1. The molecule has 142 valence electrons. The summed E-state index contributed by atoms with van der Waals surface area (Å²) in [5, 5.41) is 13.6. The van der Waals surface area contributed by atoms with Crippen LogP contribution in [0.2, 0.25) is 0 Å². The van der Waals surface area contributed by atoms with Gasteiger partial charge in [-0.2, -0.15) is 8.78 Å². The fourth-order valence-electron chi connectivity index (χ4n) is 3.05. The van der Waals surface area contributed by atoms with Crippen molar-refractivity contribution >= 4 is 16.5 Å². The molecule has 0 bridgehead atoms. The lowest BCUT2D eigenvalue weighted by Crippen LogP contribution is -2.33. The Hall–Kier alpha value is -1.77. The SMILES string of the molecule is Cc1csc(N2CCCN(CC(O)c3ccc(OC(F)F)cc3)CC2)n1. The summed E-state index contributed by atoms with van der Waals surface area (Å²) in [6, 6.07) is 6.18. The third-order valence-electron chi connectivity index (χ3n) is 4.39. The van der Waals surface area contributed by atoms with Crippen LogP contribution in [0.3, 0.4) is 0 Å². The molecule has 2 heterocycles. The Morgan fingerprint density at radius 1 is 1.19 bits per heavy atom. The smallest absolute Gasteiger partial charge is 0.387 e. The van der Waals surface area contributed by atoms with E-state index in [0.29, 0.717) is 12.1 Å². The molecule has 2 aromatic rings. The van der Waals surface area contributed by atoms with Crippen LogP contribution in [-0.4, -0.2) is 54.3 Å². The van der Waals surface area contributed by atoms with E-state index >= 15 is 0 Å². The van der Waals surface area contributed by atoms with Crippen LogP contribution in [-0.2, 0) is 0 Å². The molecule has 1 unspecified atom stereocenters. The van der Waals surface area contributed by atoms with E-state index in [1.54, 1.807) is 23.5 Å². The molecule has 1 aliphatic heterocycles. The quantitative estimate of drug-likeness (QED) is 0.830. The number of hydrogen-bond donors (Lipinski definition) is 1. The lowest BCUT2D eigenvalue weighted by atomic mass is 10.1. The molecule has 1 fully saturated rings. The second-order valence-corrected chi connectivity index (χ2v) is 7.21. The molecular weight excluding hydrogens is 360 g/mol. The van der Waals surface area contributed by atoms with Gasteiger partial charge in [-0.15, -0.1) is 11.3 Å². The van der Waals surface area contributed by atoms with Crippen LogP contribution in [0.25, 0.3) is 0 Å².